The normalized spacial score (nSPS) is 13.9. The van der Waals surface area contributed by atoms with Crippen LogP contribution in [0.15, 0.2) is 36.4 Å². The first kappa shape index (κ1) is 20.2. The number of rotatable bonds is 5. The molecule has 6 heteroatoms. The van der Waals surface area contributed by atoms with Crippen LogP contribution in [-0.4, -0.2) is 36.4 Å². The molecule has 0 spiro atoms. The number of anilines is 1. The van der Waals surface area contributed by atoms with Crippen LogP contribution in [0.4, 0.5) is 5.69 Å². The highest BCUT2D eigenvalue weighted by atomic mass is 35.5. The number of aryl methyl sites for hydroxylation is 2. The number of amides is 2. The van der Waals surface area contributed by atoms with Gasteiger partial charge in [0.25, 0.3) is 11.8 Å². The second kappa shape index (κ2) is 9.11. The van der Waals surface area contributed by atoms with Gasteiger partial charge in [-0.25, -0.2) is 0 Å². The summed E-state index contributed by atoms with van der Waals surface area (Å²) in [5.41, 5.74) is 2.81. The van der Waals surface area contributed by atoms with Gasteiger partial charge in [0.2, 0.25) is 0 Å². The lowest BCUT2D eigenvalue weighted by Gasteiger charge is -2.27. The van der Waals surface area contributed by atoms with Crippen molar-refractivity contribution in [2.24, 2.45) is 0 Å². The molecule has 0 saturated carbocycles. The van der Waals surface area contributed by atoms with E-state index in [1.807, 2.05) is 24.8 Å². The number of hydrogen-bond acceptors (Lipinski definition) is 3. The van der Waals surface area contributed by atoms with Crippen molar-refractivity contribution < 1.29 is 14.3 Å². The quantitative estimate of drug-likeness (QED) is 0.797. The van der Waals surface area contributed by atoms with Crippen molar-refractivity contribution in [1.29, 1.82) is 0 Å². The molecule has 1 aliphatic heterocycles. The van der Waals surface area contributed by atoms with Crippen LogP contribution in [-0.2, 0) is 4.79 Å². The van der Waals surface area contributed by atoms with E-state index in [2.05, 4.69) is 5.32 Å². The summed E-state index contributed by atoms with van der Waals surface area (Å²) in [5, 5.41) is 3.50. The number of hydrogen-bond donors (Lipinski definition) is 1. The molecule has 1 fully saturated rings. The number of benzene rings is 2. The average Bonchev–Trinajstić information content (AvgIpc) is 2.71. The summed E-state index contributed by atoms with van der Waals surface area (Å²) in [6.45, 7) is 5.17. The Morgan fingerprint density at radius 2 is 1.71 bits per heavy atom. The van der Waals surface area contributed by atoms with Crippen molar-refractivity contribution >= 4 is 29.1 Å². The third-order valence-electron chi connectivity index (χ3n) is 4.85. The van der Waals surface area contributed by atoms with Crippen molar-refractivity contribution in [2.45, 2.75) is 33.1 Å². The molecule has 2 amide bonds. The van der Waals surface area contributed by atoms with Crippen molar-refractivity contribution in [1.82, 2.24) is 4.90 Å². The molecule has 0 bridgehead atoms. The first-order valence-corrected chi connectivity index (χ1v) is 9.91. The Kier molecular flexibility index (Phi) is 6.57. The number of para-hydroxylation sites is 1. The Morgan fingerprint density at radius 3 is 2.39 bits per heavy atom. The molecule has 0 unspecified atom stereocenters. The van der Waals surface area contributed by atoms with Crippen LogP contribution < -0.4 is 10.1 Å². The molecule has 0 radical (unpaired) electrons. The predicted molar refractivity (Wildman–Crippen MR) is 111 cm³/mol. The third kappa shape index (κ3) is 4.84. The highest BCUT2D eigenvalue weighted by Gasteiger charge is 2.21. The first-order valence-electron chi connectivity index (χ1n) is 9.53. The molecule has 2 aromatic rings. The van der Waals surface area contributed by atoms with Gasteiger partial charge in [-0.1, -0.05) is 23.7 Å². The Labute approximate surface area is 170 Å². The fraction of sp³-hybridized carbons (Fsp3) is 0.364. The summed E-state index contributed by atoms with van der Waals surface area (Å²) in [7, 11) is 0. The number of carbonyl (C=O) groups excluding carboxylic acids is 2. The zero-order valence-electron chi connectivity index (χ0n) is 16.3. The van der Waals surface area contributed by atoms with E-state index in [1.54, 1.807) is 30.3 Å². The van der Waals surface area contributed by atoms with Gasteiger partial charge in [0, 0.05) is 18.1 Å². The van der Waals surface area contributed by atoms with Crippen LogP contribution in [0.1, 0.15) is 40.7 Å². The van der Waals surface area contributed by atoms with E-state index in [0.29, 0.717) is 22.0 Å². The van der Waals surface area contributed by atoms with E-state index in [1.165, 1.54) is 0 Å². The van der Waals surface area contributed by atoms with Crippen LogP contribution >= 0.6 is 11.6 Å². The molecule has 1 saturated heterocycles. The van der Waals surface area contributed by atoms with E-state index in [4.69, 9.17) is 16.3 Å². The zero-order chi connectivity index (χ0) is 20.1. The molecule has 2 aromatic carbocycles. The highest BCUT2D eigenvalue weighted by molar-refractivity contribution is 6.32. The maximum Gasteiger partial charge on any atom is 0.262 e. The molecular formula is C22H25ClN2O3. The summed E-state index contributed by atoms with van der Waals surface area (Å²) < 4.78 is 5.61. The lowest BCUT2D eigenvalue weighted by atomic mass is 10.1. The third-order valence-corrected chi connectivity index (χ3v) is 5.45. The number of carbonyl (C=O) groups is 2. The molecule has 0 aliphatic carbocycles. The fourth-order valence-corrected chi connectivity index (χ4v) is 3.48. The second-order valence-corrected chi connectivity index (χ2v) is 7.48. The number of likely N-dealkylation sites (tertiary alicyclic amines) is 1. The van der Waals surface area contributed by atoms with Crippen LogP contribution in [0.3, 0.4) is 0 Å². The summed E-state index contributed by atoms with van der Waals surface area (Å²) in [6, 6.07) is 10.7. The Bertz CT molecular complexity index is 853. The van der Waals surface area contributed by atoms with Gasteiger partial charge >= 0.3 is 0 Å². The van der Waals surface area contributed by atoms with E-state index in [9.17, 15) is 9.59 Å². The minimum atomic E-state index is -0.316. The van der Waals surface area contributed by atoms with Crippen LogP contribution in [0.2, 0.25) is 5.02 Å². The maximum atomic E-state index is 12.8. The van der Waals surface area contributed by atoms with Crippen molar-refractivity contribution in [2.75, 3.05) is 25.0 Å². The summed E-state index contributed by atoms with van der Waals surface area (Å²) in [4.78, 5) is 27.1. The molecule has 1 N–H and O–H groups in total. The van der Waals surface area contributed by atoms with Gasteiger partial charge in [-0.3, -0.25) is 9.59 Å². The van der Waals surface area contributed by atoms with E-state index in [0.717, 1.165) is 43.5 Å². The largest absolute Gasteiger partial charge is 0.484 e. The SMILES string of the molecule is Cc1cc(OCC(=O)Nc2ccccc2C(=O)N2CCCCC2)cc(C)c1Cl. The van der Waals surface area contributed by atoms with E-state index >= 15 is 0 Å². The lowest BCUT2D eigenvalue weighted by molar-refractivity contribution is -0.118. The van der Waals surface area contributed by atoms with Crippen molar-refractivity contribution in [3.05, 3.63) is 58.1 Å². The molecule has 0 atom stereocenters. The Hall–Kier alpha value is -2.53. The van der Waals surface area contributed by atoms with Crippen molar-refractivity contribution in [3.8, 4) is 5.75 Å². The highest BCUT2D eigenvalue weighted by Crippen LogP contribution is 2.26. The first-order chi connectivity index (χ1) is 13.5. The van der Waals surface area contributed by atoms with Gasteiger partial charge in [0.1, 0.15) is 5.75 Å². The van der Waals surface area contributed by atoms with Crippen molar-refractivity contribution in [3.63, 3.8) is 0 Å². The molecule has 1 heterocycles. The van der Waals surface area contributed by atoms with Gasteiger partial charge in [0.15, 0.2) is 6.61 Å². The minimum Gasteiger partial charge on any atom is -0.484 e. The minimum absolute atomic E-state index is 0.0412. The standard InChI is InChI=1S/C22H25ClN2O3/c1-15-12-17(13-16(2)21(15)23)28-14-20(26)24-19-9-5-4-8-18(19)22(27)25-10-6-3-7-11-25/h4-5,8-9,12-13H,3,6-7,10-11,14H2,1-2H3,(H,24,26). The molecule has 0 aromatic heterocycles. The topological polar surface area (TPSA) is 58.6 Å². The Morgan fingerprint density at radius 1 is 1.07 bits per heavy atom. The van der Waals surface area contributed by atoms with Crippen LogP contribution in [0, 0.1) is 13.8 Å². The summed E-state index contributed by atoms with van der Waals surface area (Å²) in [5.74, 6) is 0.233. The smallest absolute Gasteiger partial charge is 0.262 e. The van der Waals surface area contributed by atoms with Gasteiger partial charge in [0.05, 0.1) is 11.3 Å². The number of nitrogens with zero attached hydrogens (tertiary/aromatic N) is 1. The fourth-order valence-electron chi connectivity index (χ4n) is 3.37. The monoisotopic (exact) mass is 400 g/mol. The number of halogens is 1. The Balaban J connectivity index is 1.65. The second-order valence-electron chi connectivity index (χ2n) is 7.11. The van der Waals surface area contributed by atoms with Gasteiger partial charge in [-0.05, 0) is 68.5 Å². The number of ether oxygens (including phenoxy) is 1. The molecule has 3 rings (SSSR count). The number of nitrogens with one attached hydrogen (secondary N) is 1. The zero-order valence-corrected chi connectivity index (χ0v) is 17.0. The molecule has 148 valence electrons. The molecule has 1 aliphatic rings. The predicted octanol–water partition coefficient (Wildman–Crippen LogP) is 4.60. The van der Waals surface area contributed by atoms with Gasteiger partial charge in [-0.15, -0.1) is 0 Å². The summed E-state index contributed by atoms with van der Waals surface area (Å²) in [6.07, 6.45) is 3.20. The van der Waals surface area contributed by atoms with E-state index in [-0.39, 0.29) is 18.4 Å². The van der Waals surface area contributed by atoms with Gasteiger partial charge in [-0.2, -0.15) is 0 Å². The van der Waals surface area contributed by atoms with Gasteiger partial charge < -0.3 is 15.0 Å². The van der Waals surface area contributed by atoms with E-state index < -0.39 is 0 Å². The molecular weight excluding hydrogens is 376 g/mol. The molecule has 28 heavy (non-hydrogen) atoms. The maximum absolute atomic E-state index is 12.8. The number of piperidine rings is 1. The molecule has 5 nitrogen and oxygen atoms in total. The lowest BCUT2D eigenvalue weighted by Crippen LogP contribution is -2.36. The van der Waals surface area contributed by atoms with Crippen LogP contribution in [0.25, 0.3) is 0 Å². The average molecular weight is 401 g/mol. The van der Waals surface area contributed by atoms with Crippen LogP contribution in [0.5, 0.6) is 5.75 Å². The summed E-state index contributed by atoms with van der Waals surface area (Å²) >= 11 is 6.16.